The molecule has 0 bridgehead atoms. The number of aromatic nitrogens is 2. The lowest BCUT2D eigenvalue weighted by molar-refractivity contribution is -0.0436. The molecular formula is C21H19F4N3O3S. The Morgan fingerprint density at radius 2 is 1.97 bits per heavy atom. The molecule has 0 aliphatic heterocycles. The first kappa shape index (κ1) is 22.3. The number of halogens is 4. The molecule has 1 aliphatic rings. The number of fused-ring (bicyclic) bond motifs is 2. The first-order valence-electron chi connectivity index (χ1n) is 9.95. The van der Waals surface area contributed by atoms with Crippen molar-refractivity contribution in [3.8, 4) is 11.5 Å². The minimum absolute atomic E-state index is 0.0734. The molecule has 4 rings (SSSR count). The third kappa shape index (κ3) is 3.85. The van der Waals surface area contributed by atoms with Gasteiger partial charge in [-0.1, -0.05) is 13.3 Å². The van der Waals surface area contributed by atoms with Gasteiger partial charge in [0.25, 0.3) is 9.84 Å². The molecule has 0 fully saturated rings. The number of aromatic amines is 1. The van der Waals surface area contributed by atoms with Crippen molar-refractivity contribution in [3.63, 3.8) is 0 Å². The monoisotopic (exact) mass is 469 g/mol. The van der Waals surface area contributed by atoms with Gasteiger partial charge in [-0.25, -0.2) is 12.8 Å². The van der Waals surface area contributed by atoms with Gasteiger partial charge >= 0.3 is 5.51 Å². The fraction of sp³-hybridized carbons (Fsp3) is 0.333. The second-order valence-corrected chi connectivity index (χ2v) is 9.29. The lowest BCUT2D eigenvalue weighted by Gasteiger charge is -2.16. The van der Waals surface area contributed by atoms with Crippen LogP contribution in [0.25, 0.3) is 10.9 Å². The topological polar surface area (TPSA) is 84.4 Å². The zero-order valence-electron chi connectivity index (χ0n) is 17.0. The molecule has 170 valence electrons. The summed E-state index contributed by atoms with van der Waals surface area (Å²) in [6, 6.07) is 4.42. The third-order valence-electron chi connectivity index (χ3n) is 5.25. The van der Waals surface area contributed by atoms with Crippen LogP contribution in [0.3, 0.4) is 0 Å². The van der Waals surface area contributed by atoms with Crippen LogP contribution in [0, 0.1) is 5.82 Å². The number of benzene rings is 2. The first-order valence-corrected chi connectivity index (χ1v) is 11.4. The molecule has 2 aromatic carbocycles. The van der Waals surface area contributed by atoms with E-state index in [2.05, 4.69) is 15.2 Å². The molecule has 1 aromatic heterocycles. The highest BCUT2D eigenvalue weighted by atomic mass is 32.2. The Labute approximate surface area is 181 Å². The highest BCUT2D eigenvalue weighted by Gasteiger charge is 2.49. The Hall–Kier alpha value is -2.95. The summed E-state index contributed by atoms with van der Waals surface area (Å²) in [4.78, 5) is 3.53. The van der Waals surface area contributed by atoms with Crippen molar-refractivity contribution in [1.82, 2.24) is 10.2 Å². The Kier molecular flexibility index (Phi) is 5.70. The predicted octanol–water partition coefficient (Wildman–Crippen LogP) is 5.32. The molecule has 1 heterocycles. The van der Waals surface area contributed by atoms with Gasteiger partial charge in [0.1, 0.15) is 17.3 Å². The summed E-state index contributed by atoms with van der Waals surface area (Å²) in [6.07, 6.45) is 3.52. The molecule has 0 saturated heterocycles. The molecule has 0 saturated carbocycles. The molecule has 0 atom stereocenters. The summed E-state index contributed by atoms with van der Waals surface area (Å²) in [5.41, 5.74) is -4.54. The first-order chi connectivity index (χ1) is 15.1. The summed E-state index contributed by atoms with van der Waals surface area (Å²) in [6.45, 7) is 2.32. The van der Waals surface area contributed by atoms with E-state index >= 15 is 0 Å². The minimum atomic E-state index is -5.60. The molecule has 0 amide bonds. The maximum Gasteiger partial charge on any atom is 0.501 e. The largest absolute Gasteiger partial charge is 0.501 e. The van der Waals surface area contributed by atoms with E-state index in [4.69, 9.17) is 4.74 Å². The fourth-order valence-corrected chi connectivity index (χ4v) is 4.71. The maximum atomic E-state index is 14.0. The van der Waals surface area contributed by atoms with Crippen molar-refractivity contribution in [2.75, 3.05) is 6.54 Å². The molecule has 11 heteroatoms. The van der Waals surface area contributed by atoms with Crippen LogP contribution in [0.5, 0.6) is 11.5 Å². The lowest BCUT2D eigenvalue weighted by Crippen LogP contribution is -2.25. The minimum Gasteiger partial charge on any atom is -0.456 e. The predicted molar refractivity (Wildman–Crippen MR) is 110 cm³/mol. The second-order valence-electron chi connectivity index (χ2n) is 7.38. The Morgan fingerprint density at radius 1 is 1.19 bits per heavy atom. The summed E-state index contributed by atoms with van der Waals surface area (Å²) in [5.74, 6) is -0.333. The van der Waals surface area contributed by atoms with Crippen molar-refractivity contribution in [2.24, 2.45) is 4.99 Å². The maximum absolute atomic E-state index is 14.0. The van der Waals surface area contributed by atoms with Crippen molar-refractivity contribution < 1.29 is 30.7 Å². The van der Waals surface area contributed by atoms with E-state index in [1.54, 1.807) is 0 Å². The van der Waals surface area contributed by atoms with Gasteiger partial charge in [0.15, 0.2) is 0 Å². The number of alkyl halides is 3. The smallest absolute Gasteiger partial charge is 0.456 e. The van der Waals surface area contributed by atoms with Crippen LogP contribution in [-0.2, 0) is 16.3 Å². The van der Waals surface area contributed by atoms with Gasteiger partial charge in [0, 0.05) is 29.4 Å². The molecule has 1 aliphatic carbocycles. The van der Waals surface area contributed by atoms with Crippen molar-refractivity contribution in [2.45, 2.75) is 43.0 Å². The number of H-pyrrole nitrogens is 1. The SMILES string of the molecule is CCCC/N=C1\CCc2c(Oc3cc(F)cc4[nH]ncc34)ccc(S(=O)(=O)C(F)(F)F)c21. The Balaban J connectivity index is 1.86. The number of ether oxygens (including phenoxy) is 1. The van der Waals surface area contributed by atoms with E-state index in [-0.39, 0.29) is 29.9 Å². The van der Waals surface area contributed by atoms with E-state index in [1.807, 2.05) is 6.92 Å². The molecular weight excluding hydrogens is 450 g/mol. The highest BCUT2D eigenvalue weighted by Crippen LogP contribution is 2.42. The fourth-order valence-electron chi connectivity index (χ4n) is 3.70. The average Bonchev–Trinajstić information content (AvgIpc) is 3.35. The van der Waals surface area contributed by atoms with Crippen molar-refractivity contribution in [3.05, 3.63) is 47.4 Å². The van der Waals surface area contributed by atoms with Crippen LogP contribution in [0.1, 0.15) is 37.3 Å². The summed E-state index contributed by atoms with van der Waals surface area (Å²) in [7, 11) is -5.60. The van der Waals surface area contributed by atoms with Gasteiger partial charge in [-0.15, -0.1) is 0 Å². The number of nitrogens with one attached hydrogen (secondary N) is 1. The third-order valence-corrected chi connectivity index (χ3v) is 6.77. The Morgan fingerprint density at radius 3 is 2.69 bits per heavy atom. The summed E-state index contributed by atoms with van der Waals surface area (Å²) >= 11 is 0. The molecule has 0 spiro atoms. The van der Waals surface area contributed by atoms with E-state index in [0.29, 0.717) is 28.7 Å². The molecule has 0 radical (unpaired) electrons. The van der Waals surface area contributed by atoms with Gasteiger partial charge in [-0.05, 0) is 37.5 Å². The van der Waals surface area contributed by atoms with Crippen LogP contribution in [0.2, 0.25) is 0 Å². The van der Waals surface area contributed by atoms with Crippen LogP contribution >= 0.6 is 0 Å². The molecule has 1 N–H and O–H groups in total. The van der Waals surface area contributed by atoms with Gasteiger partial charge in [-0.2, -0.15) is 18.3 Å². The number of aliphatic imine (C=N–C) groups is 1. The summed E-state index contributed by atoms with van der Waals surface area (Å²) in [5, 5.41) is 6.95. The normalized spacial score (nSPS) is 15.5. The summed E-state index contributed by atoms with van der Waals surface area (Å²) < 4.78 is 84.4. The van der Waals surface area contributed by atoms with Gasteiger partial charge < -0.3 is 4.74 Å². The van der Waals surface area contributed by atoms with Crippen molar-refractivity contribution >= 4 is 26.5 Å². The van der Waals surface area contributed by atoms with E-state index in [0.717, 1.165) is 25.0 Å². The van der Waals surface area contributed by atoms with E-state index < -0.39 is 26.1 Å². The molecule has 3 aromatic rings. The van der Waals surface area contributed by atoms with Crippen LogP contribution < -0.4 is 4.74 Å². The average molecular weight is 469 g/mol. The van der Waals surface area contributed by atoms with E-state index in [1.165, 1.54) is 18.3 Å². The number of rotatable bonds is 6. The second kappa shape index (κ2) is 8.19. The van der Waals surface area contributed by atoms with Crippen LogP contribution in [-0.4, -0.2) is 36.4 Å². The molecule has 0 unspecified atom stereocenters. The van der Waals surface area contributed by atoms with E-state index in [9.17, 15) is 26.0 Å². The number of hydrogen-bond donors (Lipinski definition) is 1. The van der Waals surface area contributed by atoms with Crippen molar-refractivity contribution in [1.29, 1.82) is 0 Å². The quantitative estimate of drug-likeness (QED) is 0.391. The number of unbranched alkanes of at least 4 members (excludes halogenated alkanes) is 1. The zero-order chi connectivity index (χ0) is 23.1. The number of nitrogens with zero attached hydrogens (tertiary/aromatic N) is 2. The Bertz CT molecular complexity index is 1310. The number of sulfone groups is 1. The van der Waals surface area contributed by atoms with Gasteiger partial charge in [0.2, 0.25) is 0 Å². The molecule has 6 nitrogen and oxygen atoms in total. The molecule has 32 heavy (non-hydrogen) atoms. The van der Waals surface area contributed by atoms with Gasteiger partial charge in [-0.3, -0.25) is 10.1 Å². The number of hydrogen-bond acceptors (Lipinski definition) is 5. The highest BCUT2D eigenvalue weighted by molar-refractivity contribution is 7.92. The van der Waals surface area contributed by atoms with Crippen LogP contribution in [0.15, 0.2) is 40.4 Å². The van der Waals surface area contributed by atoms with Gasteiger partial charge in [0.05, 0.1) is 22.0 Å². The lowest BCUT2D eigenvalue weighted by atomic mass is 10.1. The zero-order valence-corrected chi connectivity index (χ0v) is 17.8. The van der Waals surface area contributed by atoms with Crippen LogP contribution in [0.4, 0.5) is 17.6 Å². The standard InChI is InChI=1S/C21H19F4N3O3S/c1-2-3-8-26-15-5-4-13-17(6-7-19(20(13)15)32(29,30)21(23,24)25)31-18-10-12(22)9-16-14(18)11-27-28-16/h6-7,9-11H,2-5,8H2,1H3,(H,27,28)/b26-15+.